The van der Waals surface area contributed by atoms with Gasteiger partial charge in [-0.15, -0.1) is 22.7 Å². The number of ether oxygens (including phenoxy) is 1. The van der Waals surface area contributed by atoms with Crippen LogP contribution in [0, 0.1) is 5.92 Å². The van der Waals surface area contributed by atoms with Crippen LogP contribution in [0.15, 0.2) is 16.8 Å². The molecule has 0 aliphatic carbocycles. The molecule has 2 rings (SSSR count). The van der Waals surface area contributed by atoms with Crippen LogP contribution in [-0.2, 0) is 9.53 Å². The molecule has 0 spiro atoms. The van der Waals surface area contributed by atoms with Gasteiger partial charge in [-0.25, -0.2) is 9.78 Å². The number of carbonyl (C=O) groups excluding carboxylic acids is 3. The molecular formula is C16H20N4O4S2. The molecule has 2 aromatic heterocycles. The Balaban J connectivity index is 1.81. The Hall–Kier alpha value is -2.46. The van der Waals surface area contributed by atoms with E-state index in [-0.39, 0.29) is 11.3 Å². The molecule has 0 saturated heterocycles. The van der Waals surface area contributed by atoms with Crippen LogP contribution in [0.4, 0.5) is 10.1 Å². The number of thiophene rings is 1. The van der Waals surface area contributed by atoms with Crippen LogP contribution in [0.2, 0.25) is 0 Å². The number of hydrogen-bond acceptors (Lipinski definition) is 8. The first-order valence-electron chi connectivity index (χ1n) is 7.90. The highest BCUT2D eigenvalue weighted by molar-refractivity contribution is 7.14. The number of rotatable bonds is 9. The standard InChI is InChI=1S/C16H20N4O4S2/c1-9(2)3-5-18-16-19-11(8-26-16)15(23)24-7-12(21)20-14-10(13(17)22)4-6-25-14/h4,6,8-9H,3,5,7H2,1-2H3,(H2,17,22)(H,18,19)(H,20,21). The average Bonchev–Trinajstić information content (AvgIpc) is 3.21. The highest BCUT2D eigenvalue weighted by Gasteiger charge is 2.16. The number of thiazole rings is 1. The van der Waals surface area contributed by atoms with Gasteiger partial charge in [0.25, 0.3) is 11.8 Å². The minimum absolute atomic E-state index is 0.142. The topological polar surface area (TPSA) is 123 Å². The first kappa shape index (κ1) is 19.9. The predicted octanol–water partition coefficient (Wildman–Crippen LogP) is 2.56. The maximum atomic E-state index is 12.0. The summed E-state index contributed by atoms with van der Waals surface area (Å²) in [5, 5.41) is 9.79. The van der Waals surface area contributed by atoms with E-state index < -0.39 is 24.4 Å². The fourth-order valence-electron chi connectivity index (χ4n) is 1.88. The second kappa shape index (κ2) is 9.30. The van der Waals surface area contributed by atoms with E-state index in [1.54, 1.807) is 10.8 Å². The molecule has 0 atom stereocenters. The molecular weight excluding hydrogens is 376 g/mol. The number of esters is 1. The Bertz CT molecular complexity index is 785. The molecule has 0 bridgehead atoms. The van der Waals surface area contributed by atoms with Crippen LogP contribution < -0.4 is 16.4 Å². The van der Waals surface area contributed by atoms with Crippen molar-refractivity contribution in [2.45, 2.75) is 20.3 Å². The Morgan fingerprint density at radius 2 is 2.08 bits per heavy atom. The van der Waals surface area contributed by atoms with Gasteiger partial charge in [-0.1, -0.05) is 13.8 Å². The van der Waals surface area contributed by atoms with Crippen molar-refractivity contribution in [3.05, 3.63) is 28.1 Å². The number of anilines is 2. The van der Waals surface area contributed by atoms with Crippen LogP contribution in [0.5, 0.6) is 0 Å². The zero-order valence-electron chi connectivity index (χ0n) is 14.4. The molecule has 140 valence electrons. The Morgan fingerprint density at radius 3 is 2.77 bits per heavy atom. The molecule has 8 nitrogen and oxygen atoms in total. The average molecular weight is 396 g/mol. The van der Waals surface area contributed by atoms with E-state index >= 15 is 0 Å². The smallest absolute Gasteiger partial charge is 0.358 e. The molecule has 0 fully saturated rings. The molecule has 2 heterocycles. The van der Waals surface area contributed by atoms with E-state index in [2.05, 4.69) is 29.5 Å². The molecule has 26 heavy (non-hydrogen) atoms. The van der Waals surface area contributed by atoms with Crippen molar-refractivity contribution < 1.29 is 19.1 Å². The number of amides is 2. The summed E-state index contributed by atoms with van der Waals surface area (Å²) in [5.41, 5.74) is 5.56. The summed E-state index contributed by atoms with van der Waals surface area (Å²) < 4.78 is 4.95. The lowest BCUT2D eigenvalue weighted by Crippen LogP contribution is -2.22. The Labute approximate surface area is 158 Å². The lowest BCUT2D eigenvalue weighted by atomic mass is 10.1. The summed E-state index contributed by atoms with van der Waals surface area (Å²) in [4.78, 5) is 39.2. The van der Waals surface area contributed by atoms with Crippen LogP contribution in [0.25, 0.3) is 0 Å². The third-order valence-corrected chi connectivity index (χ3v) is 4.86. The number of carbonyl (C=O) groups is 3. The maximum absolute atomic E-state index is 12.0. The van der Waals surface area contributed by atoms with Gasteiger partial charge < -0.3 is 21.1 Å². The number of nitrogens with zero attached hydrogens (tertiary/aromatic N) is 1. The summed E-state index contributed by atoms with van der Waals surface area (Å²) in [5.74, 6) is -1.31. The predicted molar refractivity (Wildman–Crippen MR) is 102 cm³/mol. The minimum atomic E-state index is -0.686. The number of primary amides is 1. The van der Waals surface area contributed by atoms with E-state index in [1.165, 1.54) is 17.4 Å². The summed E-state index contributed by atoms with van der Waals surface area (Å²) in [6, 6.07) is 1.51. The molecule has 10 heteroatoms. The maximum Gasteiger partial charge on any atom is 0.358 e. The van der Waals surface area contributed by atoms with E-state index in [0.29, 0.717) is 16.1 Å². The van der Waals surface area contributed by atoms with E-state index in [9.17, 15) is 14.4 Å². The van der Waals surface area contributed by atoms with Crippen molar-refractivity contribution in [3.63, 3.8) is 0 Å². The van der Waals surface area contributed by atoms with Crippen LogP contribution in [0.3, 0.4) is 0 Å². The first-order valence-corrected chi connectivity index (χ1v) is 9.66. The van der Waals surface area contributed by atoms with Gasteiger partial charge in [0.2, 0.25) is 0 Å². The van der Waals surface area contributed by atoms with Gasteiger partial charge in [0.05, 0.1) is 5.56 Å². The molecule has 2 aromatic rings. The molecule has 0 aliphatic rings. The lowest BCUT2D eigenvalue weighted by molar-refractivity contribution is -0.119. The van der Waals surface area contributed by atoms with Gasteiger partial charge in [-0.2, -0.15) is 0 Å². The SMILES string of the molecule is CC(C)CCNc1nc(C(=O)OCC(=O)Nc2sccc2C(N)=O)cs1. The minimum Gasteiger partial charge on any atom is -0.451 e. The molecule has 4 N–H and O–H groups in total. The van der Waals surface area contributed by atoms with E-state index in [1.807, 2.05) is 0 Å². The number of nitrogens with one attached hydrogen (secondary N) is 2. The molecule has 0 saturated carbocycles. The Kier molecular flexibility index (Phi) is 7.10. The zero-order chi connectivity index (χ0) is 19.1. The van der Waals surface area contributed by atoms with E-state index in [4.69, 9.17) is 10.5 Å². The lowest BCUT2D eigenvalue weighted by Gasteiger charge is -2.05. The summed E-state index contributed by atoms with van der Waals surface area (Å²) in [7, 11) is 0. The highest BCUT2D eigenvalue weighted by atomic mass is 32.1. The van der Waals surface area contributed by atoms with Crippen LogP contribution in [0.1, 0.15) is 41.1 Å². The largest absolute Gasteiger partial charge is 0.451 e. The monoisotopic (exact) mass is 396 g/mol. The van der Waals surface area contributed by atoms with Gasteiger partial charge >= 0.3 is 5.97 Å². The molecule has 0 aliphatic heterocycles. The third kappa shape index (κ3) is 5.81. The number of nitrogens with two attached hydrogens (primary N) is 1. The fourth-order valence-corrected chi connectivity index (χ4v) is 3.40. The van der Waals surface area contributed by atoms with Crippen molar-refractivity contribution in [2.75, 3.05) is 23.8 Å². The van der Waals surface area contributed by atoms with Crippen LogP contribution in [-0.4, -0.2) is 35.9 Å². The molecule has 0 unspecified atom stereocenters. The van der Waals surface area contributed by atoms with Gasteiger partial charge in [0.15, 0.2) is 17.4 Å². The molecule has 2 amide bonds. The van der Waals surface area contributed by atoms with Crippen molar-refractivity contribution in [3.8, 4) is 0 Å². The van der Waals surface area contributed by atoms with Gasteiger partial charge in [0.1, 0.15) is 5.00 Å². The van der Waals surface area contributed by atoms with Gasteiger partial charge in [-0.3, -0.25) is 9.59 Å². The zero-order valence-corrected chi connectivity index (χ0v) is 16.0. The van der Waals surface area contributed by atoms with Gasteiger partial charge in [-0.05, 0) is 23.8 Å². The first-order chi connectivity index (χ1) is 12.4. The summed E-state index contributed by atoms with van der Waals surface area (Å²) in [6.07, 6.45) is 0.996. The number of aromatic nitrogens is 1. The van der Waals surface area contributed by atoms with Crippen molar-refractivity contribution in [2.24, 2.45) is 11.7 Å². The number of hydrogen-bond donors (Lipinski definition) is 3. The summed E-state index contributed by atoms with van der Waals surface area (Å²) >= 11 is 2.46. The normalized spacial score (nSPS) is 10.6. The third-order valence-electron chi connectivity index (χ3n) is 3.23. The van der Waals surface area contributed by atoms with Crippen molar-refractivity contribution in [1.29, 1.82) is 0 Å². The van der Waals surface area contributed by atoms with Crippen LogP contribution >= 0.6 is 22.7 Å². The van der Waals surface area contributed by atoms with Crippen molar-refractivity contribution in [1.82, 2.24) is 4.98 Å². The summed E-state index contributed by atoms with van der Waals surface area (Å²) in [6.45, 7) is 4.54. The van der Waals surface area contributed by atoms with Gasteiger partial charge in [0, 0.05) is 11.9 Å². The molecule has 0 aromatic carbocycles. The molecule has 0 radical (unpaired) electrons. The van der Waals surface area contributed by atoms with Crippen molar-refractivity contribution >= 4 is 50.6 Å². The second-order valence-corrected chi connectivity index (χ2v) is 7.57. The highest BCUT2D eigenvalue weighted by Crippen LogP contribution is 2.22. The quantitative estimate of drug-likeness (QED) is 0.560. The Morgan fingerprint density at radius 1 is 1.31 bits per heavy atom. The fraction of sp³-hybridized carbons (Fsp3) is 0.375. The van der Waals surface area contributed by atoms with E-state index in [0.717, 1.165) is 24.3 Å². The second-order valence-electron chi connectivity index (χ2n) is 5.80.